The number of likely N-dealkylation sites (N-methyl/N-ethyl adjacent to an activating group) is 1. The molecule has 0 aliphatic carbocycles. The first-order valence-corrected chi connectivity index (χ1v) is 5.77. The van der Waals surface area contributed by atoms with Gasteiger partial charge in [0.2, 0.25) is 11.8 Å². The van der Waals surface area contributed by atoms with Crippen molar-refractivity contribution in [3.8, 4) is 0 Å². The molecule has 0 aliphatic rings. The Kier molecular flexibility index (Phi) is 7.54. The van der Waals surface area contributed by atoms with Crippen LogP contribution in [0.15, 0.2) is 0 Å². The summed E-state index contributed by atoms with van der Waals surface area (Å²) < 4.78 is 0. The Bertz CT molecular complexity index is 231. The molecule has 94 valence electrons. The summed E-state index contributed by atoms with van der Waals surface area (Å²) in [7, 11) is 1.75. The quantitative estimate of drug-likeness (QED) is 0.644. The van der Waals surface area contributed by atoms with Crippen molar-refractivity contribution in [3.05, 3.63) is 0 Å². The van der Waals surface area contributed by atoms with Gasteiger partial charge in [0.1, 0.15) is 0 Å². The standard InChI is InChI=1S/C11H23N3O2/c1-5-7-12-10(15)8-13-9(3)11(16)14(4)6-2/h9,13H,5-8H2,1-4H3,(H,12,15). The Hall–Kier alpha value is -1.10. The van der Waals surface area contributed by atoms with E-state index in [9.17, 15) is 9.59 Å². The number of nitrogens with zero attached hydrogens (tertiary/aromatic N) is 1. The number of amides is 2. The first-order valence-electron chi connectivity index (χ1n) is 5.77. The van der Waals surface area contributed by atoms with E-state index in [2.05, 4.69) is 10.6 Å². The SMILES string of the molecule is CCCNC(=O)CNC(C)C(=O)N(C)CC. The average Bonchev–Trinajstić information content (AvgIpc) is 2.31. The fourth-order valence-electron chi connectivity index (χ4n) is 1.15. The lowest BCUT2D eigenvalue weighted by Gasteiger charge is -2.20. The van der Waals surface area contributed by atoms with Crippen LogP contribution < -0.4 is 10.6 Å². The molecule has 5 heteroatoms. The van der Waals surface area contributed by atoms with Crippen LogP contribution in [0.1, 0.15) is 27.2 Å². The first-order chi connectivity index (χ1) is 7.52. The van der Waals surface area contributed by atoms with Crippen molar-refractivity contribution in [2.45, 2.75) is 33.2 Å². The molecule has 0 aromatic rings. The fourth-order valence-corrected chi connectivity index (χ4v) is 1.15. The highest BCUT2D eigenvalue weighted by Crippen LogP contribution is 1.90. The van der Waals surface area contributed by atoms with Gasteiger partial charge in [-0.3, -0.25) is 14.9 Å². The Labute approximate surface area is 97.6 Å². The van der Waals surface area contributed by atoms with Crippen LogP contribution in [-0.2, 0) is 9.59 Å². The summed E-state index contributed by atoms with van der Waals surface area (Å²) in [5, 5.41) is 5.65. The number of nitrogens with one attached hydrogen (secondary N) is 2. The second kappa shape index (κ2) is 8.10. The molecule has 0 fully saturated rings. The molecule has 2 N–H and O–H groups in total. The van der Waals surface area contributed by atoms with Crippen molar-refractivity contribution >= 4 is 11.8 Å². The van der Waals surface area contributed by atoms with Crippen molar-refractivity contribution in [3.63, 3.8) is 0 Å². The molecule has 0 bridgehead atoms. The van der Waals surface area contributed by atoms with Crippen molar-refractivity contribution in [2.24, 2.45) is 0 Å². The summed E-state index contributed by atoms with van der Waals surface area (Å²) >= 11 is 0. The number of hydrogen-bond donors (Lipinski definition) is 2. The number of carbonyl (C=O) groups excluding carboxylic acids is 2. The Balaban J connectivity index is 3.84. The Morgan fingerprint density at radius 2 is 1.94 bits per heavy atom. The Morgan fingerprint density at radius 1 is 1.31 bits per heavy atom. The van der Waals surface area contributed by atoms with Crippen molar-refractivity contribution in [2.75, 3.05) is 26.7 Å². The minimum Gasteiger partial charge on any atom is -0.355 e. The van der Waals surface area contributed by atoms with Gasteiger partial charge in [-0.25, -0.2) is 0 Å². The van der Waals surface area contributed by atoms with Gasteiger partial charge < -0.3 is 10.2 Å². The lowest BCUT2D eigenvalue weighted by Crippen LogP contribution is -2.46. The van der Waals surface area contributed by atoms with E-state index in [1.54, 1.807) is 18.9 Å². The van der Waals surface area contributed by atoms with Gasteiger partial charge in [-0.1, -0.05) is 6.92 Å². The second-order valence-electron chi connectivity index (χ2n) is 3.80. The smallest absolute Gasteiger partial charge is 0.239 e. The van der Waals surface area contributed by atoms with Crippen LogP contribution in [-0.4, -0.2) is 49.4 Å². The lowest BCUT2D eigenvalue weighted by atomic mass is 10.3. The van der Waals surface area contributed by atoms with Gasteiger partial charge >= 0.3 is 0 Å². The van der Waals surface area contributed by atoms with Crippen molar-refractivity contribution in [1.82, 2.24) is 15.5 Å². The normalized spacial score (nSPS) is 12.0. The van der Waals surface area contributed by atoms with Crippen LogP contribution in [0, 0.1) is 0 Å². The molecule has 1 unspecified atom stereocenters. The molecule has 0 aliphatic heterocycles. The van der Waals surface area contributed by atoms with Crippen LogP contribution >= 0.6 is 0 Å². The molecule has 0 spiro atoms. The summed E-state index contributed by atoms with van der Waals surface area (Å²) in [5.41, 5.74) is 0. The van der Waals surface area contributed by atoms with E-state index >= 15 is 0 Å². The maximum absolute atomic E-state index is 11.6. The van der Waals surface area contributed by atoms with Crippen LogP contribution in [0.5, 0.6) is 0 Å². The molecule has 2 amide bonds. The molecule has 0 aromatic carbocycles. The molecular weight excluding hydrogens is 206 g/mol. The molecule has 0 saturated heterocycles. The van der Waals surface area contributed by atoms with E-state index in [0.717, 1.165) is 6.42 Å². The highest BCUT2D eigenvalue weighted by atomic mass is 16.2. The predicted octanol–water partition coefficient (Wildman–Crippen LogP) is -0.0310. The van der Waals surface area contributed by atoms with Crippen LogP contribution in [0.4, 0.5) is 0 Å². The van der Waals surface area contributed by atoms with E-state index in [-0.39, 0.29) is 24.4 Å². The van der Waals surface area contributed by atoms with E-state index in [4.69, 9.17) is 0 Å². The minimum absolute atomic E-state index is 0.00536. The first kappa shape index (κ1) is 14.9. The number of rotatable bonds is 7. The monoisotopic (exact) mass is 229 g/mol. The van der Waals surface area contributed by atoms with E-state index in [0.29, 0.717) is 13.1 Å². The molecule has 0 saturated carbocycles. The van der Waals surface area contributed by atoms with Crippen LogP contribution in [0.25, 0.3) is 0 Å². The molecular formula is C11H23N3O2. The van der Waals surface area contributed by atoms with Gasteiger partial charge in [0, 0.05) is 20.1 Å². The largest absolute Gasteiger partial charge is 0.355 e. The van der Waals surface area contributed by atoms with Gasteiger partial charge in [0.25, 0.3) is 0 Å². The topological polar surface area (TPSA) is 61.4 Å². The van der Waals surface area contributed by atoms with Crippen molar-refractivity contribution < 1.29 is 9.59 Å². The van der Waals surface area contributed by atoms with Gasteiger partial charge in [-0.05, 0) is 20.3 Å². The van der Waals surface area contributed by atoms with Crippen LogP contribution in [0.3, 0.4) is 0 Å². The average molecular weight is 229 g/mol. The Morgan fingerprint density at radius 3 is 2.44 bits per heavy atom. The van der Waals surface area contributed by atoms with Gasteiger partial charge in [0.05, 0.1) is 12.6 Å². The number of carbonyl (C=O) groups is 2. The lowest BCUT2D eigenvalue weighted by molar-refractivity contribution is -0.131. The zero-order valence-electron chi connectivity index (χ0n) is 10.7. The number of hydrogen-bond acceptors (Lipinski definition) is 3. The highest BCUT2D eigenvalue weighted by Gasteiger charge is 2.16. The summed E-state index contributed by atoms with van der Waals surface area (Å²) in [5.74, 6) is -0.0635. The molecule has 0 rings (SSSR count). The molecule has 16 heavy (non-hydrogen) atoms. The zero-order chi connectivity index (χ0) is 12.6. The third-order valence-corrected chi connectivity index (χ3v) is 2.36. The molecule has 1 atom stereocenters. The summed E-state index contributed by atoms with van der Waals surface area (Å²) in [6.45, 7) is 7.21. The second-order valence-corrected chi connectivity index (χ2v) is 3.80. The van der Waals surface area contributed by atoms with Crippen LogP contribution in [0.2, 0.25) is 0 Å². The van der Waals surface area contributed by atoms with Gasteiger partial charge in [0.15, 0.2) is 0 Å². The predicted molar refractivity (Wildman–Crippen MR) is 64.1 cm³/mol. The molecule has 0 radical (unpaired) electrons. The third kappa shape index (κ3) is 5.70. The highest BCUT2D eigenvalue weighted by molar-refractivity contribution is 5.83. The maximum Gasteiger partial charge on any atom is 0.239 e. The van der Waals surface area contributed by atoms with Crippen molar-refractivity contribution in [1.29, 1.82) is 0 Å². The minimum atomic E-state index is -0.322. The van der Waals surface area contributed by atoms with Gasteiger partial charge in [-0.15, -0.1) is 0 Å². The summed E-state index contributed by atoms with van der Waals surface area (Å²) in [6.07, 6.45) is 0.915. The fraction of sp³-hybridized carbons (Fsp3) is 0.818. The molecule has 0 heterocycles. The summed E-state index contributed by atoms with van der Waals surface area (Å²) in [6, 6.07) is -0.322. The summed E-state index contributed by atoms with van der Waals surface area (Å²) in [4.78, 5) is 24.5. The third-order valence-electron chi connectivity index (χ3n) is 2.36. The van der Waals surface area contributed by atoms with E-state index in [1.165, 1.54) is 0 Å². The van der Waals surface area contributed by atoms with E-state index in [1.807, 2.05) is 13.8 Å². The maximum atomic E-state index is 11.6. The molecule has 5 nitrogen and oxygen atoms in total. The molecule has 0 aromatic heterocycles. The van der Waals surface area contributed by atoms with Gasteiger partial charge in [-0.2, -0.15) is 0 Å². The van der Waals surface area contributed by atoms with E-state index < -0.39 is 0 Å². The zero-order valence-corrected chi connectivity index (χ0v) is 10.7.